The molecule has 2 heterocycles. The van der Waals surface area contributed by atoms with Crippen molar-refractivity contribution < 1.29 is 23.2 Å². The van der Waals surface area contributed by atoms with Gasteiger partial charge in [-0.3, -0.25) is 4.79 Å². The van der Waals surface area contributed by atoms with Crippen LogP contribution in [0.25, 0.3) is 0 Å². The summed E-state index contributed by atoms with van der Waals surface area (Å²) in [4.78, 5) is 15.5. The predicted molar refractivity (Wildman–Crippen MR) is 84.7 cm³/mol. The first-order chi connectivity index (χ1) is 10.6. The molecule has 0 aromatic carbocycles. The molecule has 2 rings (SSSR count). The molecule has 1 fully saturated rings. The minimum atomic E-state index is -0.799. The Labute approximate surface area is 140 Å². The van der Waals surface area contributed by atoms with Crippen molar-refractivity contribution in [1.82, 2.24) is 4.98 Å². The molecular formula is C15H20BClFNO4. The number of aromatic nitrogens is 1. The van der Waals surface area contributed by atoms with Gasteiger partial charge in [0.05, 0.1) is 24.7 Å². The van der Waals surface area contributed by atoms with E-state index in [1.807, 2.05) is 27.7 Å². The van der Waals surface area contributed by atoms with Crippen LogP contribution in [0.3, 0.4) is 0 Å². The number of halogens is 2. The highest BCUT2D eigenvalue weighted by Crippen LogP contribution is 2.42. The van der Waals surface area contributed by atoms with Crippen LogP contribution in [0.1, 0.15) is 45.5 Å². The van der Waals surface area contributed by atoms with Crippen LogP contribution >= 0.6 is 11.6 Å². The molecule has 126 valence electrons. The summed E-state index contributed by atoms with van der Waals surface area (Å²) in [7, 11) is 0.478. The van der Waals surface area contributed by atoms with Gasteiger partial charge in [0.2, 0.25) is 0 Å². The quantitative estimate of drug-likeness (QED) is 0.477. The first-order valence-electron chi connectivity index (χ1n) is 7.31. The molecule has 0 spiro atoms. The second kappa shape index (κ2) is 6.38. The molecule has 1 unspecified atom stereocenters. The van der Waals surface area contributed by atoms with Gasteiger partial charge in [0, 0.05) is 12.0 Å². The molecule has 0 saturated carbocycles. The zero-order valence-electron chi connectivity index (χ0n) is 13.9. The first kappa shape index (κ1) is 18.2. The van der Waals surface area contributed by atoms with Gasteiger partial charge in [-0.05, 0) is 39.3 Å². The van der Waals surface area contributed by atoms with E-state index in [4.69, 9.17) is 25.6 Å². The number of nitrogens with zero attached hydrogens (tertiary/aromatic N) is 1. The normalized spacial score (nSPS) is 20.4. The van der Waals surface area contributed by atoms with E-state index >= 15 is 0 Å². The van der Waals surface area contributed by atoms with Crippen molar-refractivity contribution in [1.29, 1.82) is 0 Å². The Hall–Kier alpha value is -1.18. The number of carbonyl (C=O) groups excluding carboxylic acids is 1. The number of esters is 1. The number of hydrogen-bond donors (Lipinski definition) is 0. The fraction of sp³-hybridized carbons (Fsp3) is 0.600. The molecule has 8 heteroatoms. The van der Waals surface area contributed by atoms with Crippen LogP contribution in [0, 0.1) is 5.82 Å². The molecule has 1 aliphatic rings. The third-order valence-electron chi connectivity index (χ3n) is 4.49. The lowest BCUT2D eigenvalue weighted by Crippen LogP contribution is -2.41. The maximum atomic E-state index is 14.4. The van der Waals surface area contributed by atoms with Gasteiger partial charge in [0.15, 0.2) is 11.0 Å². The number of methoxy groups -OCH3 is 1. The third kappa shape index (κ3) is 3.51. The van der Waals surface area contributed by atoms with E-state index in [1.54, 1.807) is 0 Å². The van der Waals surface area contributed by atoms with E-state index in [-0.39, 0.29) is 17.1 Å². The molecule has 1 atom stereocenters. The van der Waals surface area contributed by atoms with Crippen molar-refractivity contribution >= 4 is 24.7 Å². The number of ether oxygens (including phenoxy) is 1. The van der Waals surface area contributed by atoms with Gasteiger partial charge in [0.25, 0.3) is 0 Å². The number of carbonyl (C=O) groups is 1. The predicted octanol–water partition coefficient (Wildman–Crippen LogP) is 3.15. The second-order valence-electron chi connectivity index (χ2n) is 6.52. The topological polar surface area (TPSA) is 57.7 Å². The third-order valence-corrected chi connectivity index (χ3v) is 4.75. The molecule has 1 saturated heterocycles. The molecule has 0 aliphatic carbocycles. The Balaban J connectivity index is 2.40. The first-order valence-corrected chi connectivity index (χ1v) is 7.69. The van der Waals surface area contributed by atoms with Crippen LogP contribution in [0.15, 0.2) is 12.3 Å². The van der Waals surface area contributed by atoms with E-state index in [0.29, 0.717) is 0 Å². The maximum Gasteiger partial charge on any atom is 0.466 e. The standard InChI is InChI=1S/C15H20BClFNO4/c1-14(2)15(3,4)23-16(22-14)10(8-11(20)21-5)9-6-7-19-13(17)12(9)18/h6-7,10H,8H2,1-5H3. The number of rotatable bonds is 4. The van der Waals surface area contributed by atoms with Gasteiger partial charge >= 0.3 is 13.1 Å². The summed E-state index contributed by atoms with van der Waals surface area (Å²) in [5, 5.41) is -0.256. The van der Waals surface area contributed by atoms with Crippen molar-refractivity contribution in [3.63, 3.8) is 0 Å². The number of pyridine rings is 1. The van der Waals surface area contributed by atoms with E-state index in [1.165, 1.54) is 19.4 Å². The Morgan fingerprint density at radius 2 is 1.96 bits per heavy atom. The summed E-state index contributed by atoms with van der Waals surface area (Å²) in [5.41, 5.74) is -0.979. The minimum Gasteiger partial charge on any atom is -0.469 e. The summed E-state index contributed by atoms with van der Waals surface area (Å²) >= 11 is 5.76. The zero-order chi connectivity index (χ0) is 17.4. The molecule has 1 aliphatic heterocycles. The molecule has 0 amide bonds. The van der Waals surface area contributed by atoms with E-state index in [0.717, 1.165) is 0 Å². The van der Waals surface area contributed by atoms with E-state index < -0.39 is 35.9 Å². The van der Waals surface area contributed by atoms with Crippen molar-refractivity contribution in [3.05, 3.63) is 28.8 Å². The smallest absolute Gasteiger partial charge is 0.466 e. The van der Waals surface area contributed by atoms with Gasteiger partial charge in [-0.15, -0.1) is 0 Å². The molecule has 1 aromatic heterocycles. The van der Waals surface area contributed by atoms with Gasteiger partial charge < -0.3 is 14.0 Å². The zero-order valence-corrected chi connectivity index (χ0v) is 14.6. The summed E-state index contributed by atoms with van der Waals surface area (Å²) in [6.45, 7) is 7.55. The second-order valence-corrected chi connectivity index (χ2v) is 6.87. The summed E-state index contributed by atoms with van der Waals surface area (Å²) < 4.78 is 31.0. The van der Waals surface area contributed by atoms with Crippen LogP contribution in [0.5, 0.6) is 0 Å². The lowest BCUT2D eigenvalue weighted by molar-refractivity contribution is -0.140. The van der Waals surface area contributed by atoms with E-state index in [2.05, 4.69) is 4.98 Å². The SMILES string of the molecule is COC(=O)CC(B1OC(C)(C)C(C)(C)O1)c1ccnc(Cl)c1F. The number of hydrogen-bond acceptors (Lipinski definition) is 5. The fourth-order valence-corrected chi connectivity index (χ4v) is 2.55. The molecule has 0 bridgehead atoms. The molecule has 23 heavy (non-hydrogen) atoms. The van der Waals surface area contributed by atoms with Crippen molar-refractivity contribution in [2.75, 3.05) is 7.11 Å². The monoisotopic (exact) mass is 343 g/mol. The minimum absolute atomic E-state index is 0.0927. The van der Waals surface area contributed by atoms with Gasteiger partial charge in [-0.25, -0.2) is 9.37 Å². The molecule has 0 radical (unpaired) electrons. The van der Waals surface area contributed by atoms with Crippen LogP contribution in [-0.4, -0.2) is 36.4 Å². The average Bonchev–Trinajstić information content (AvgIpc) is 2.67. The molecule has 0 N–H and O–H groups in total. The van der Waals surface area contributed by atoms with Gasteiger partial charge in [0.1, 0.15) is 0 Å². The van der Waals surface area contributed by atoms with Crippen LogP contribution in [0.4, 0.5) is 4.39 Å². The van der Waals surface area contributed by atoms with Gasteiger partial charge in [-0.1, -0.05) is 11.6 Å². The van der Waals surface area contributed by atoms with Crippen LogP contribution in [0.2, 0.25) is 5.15 Å². The van der Waals surface area contributed by atoms with Crippen molar-refractivity contribution in [3.8, 4) is 0 Å². The molecule has 1 aromatic rings. The highest BCUT2D eigenvalue weighted by Gasteiger charge is 2.54. The van der Waals surface area contributed by atoms with Crippen LogP contribution < -0.4 is 0 Å². The molecule has 5 nitrogen and oxygen atoms in total. The van der Waals surface area contributed by atoms with Crippen molar-refractivity contribution in [2.45, 2.75) is 51.1 Å². The maximum absolute atomic E-state index is 14.4. The Morgan fingerprint density at radius 1 is 1.39 bits per heavy atom. The Kier molecular flexibility index (Phi) is 5.04. The summed E-state index contributed by atoms with van der Waals surface area (Å²) in [6.07, 6.45) is 1.29. The lowest BCUT2D eigenvalue weighted by atomic mass is 9.66. The van der Waals surface area contributed by atoms with Gasteiger partial charge in [-0.2, -0.15) is 0 Å². The van der Waals surface area contributed by atoms with E-state index in [9.17, 15) is 9.18 Å². The van der Waals surface area contributed by atoms with Crippen molar-refractivity contribution in [2.24, 2.45) is 0 Å². The summed E-state index contributed by atoms with van der Waals surface area (Å²) in [6, 6.07) is 1.47. The lowest BCUT2D eigenvalue weighted by Gasteiger charge is -2.32. The fourth-order valence-electron chi connectivity index (χ4n) is 2.39. The Bertz CT molecular complexity index is 595. The molecular weight excluding hydrogens is 323 g/mol. The highest BCUT2D eigenvalue weighted by molar-refractivity contribution is 6.48. The average molecular weight is 344 g/mol. The van der Waals surface area contributed by atoms with Crippen LogP contribution in [-0.2, 0) is 18.8 Å². The largest absolute Gasteiger partial charge is 0.469 e. The summed E-state index contributed by atoms with van der Waals surface area (Å²) in [5.74, 6) is -1.86. The highest BCUT2D eigenvalue weighted by atomic mass is 35.5. The Morgan fingerprint density at radius 3 is 2.48 bits per heavy atom.